The van der Waals surface area contributed by atoms with Gasteiger partial charge in [-0.2, -0.15) is 0 Å². The predicted molar refractivity (Wildman–Crippen MR) is 240 cm³/mol. The normalized spacial score (nSPS) is 11.9. The molecule has 0 N–H and O–H groups in total. The van der Waals surface area contributed by atoms with Gasteiger partial charge in [-0.15, -0.1) is 11.3 Å². The van der Waals surface area contributed by atoms with Crippen LogP contribution in [0.25, 0.3) is 109 Å². The van der Waals surface area contributed by atoms with E-state index < -0.39 is 0 Å². The molecule has 0 aliphatic rings. The Bertz CT molecular complexity index is 3580. The highest BCUT2D eigenvalue weighted by Gasteiger charge is 2.19. The topological polar surface area (TPSA) is 35.6 Å². The first-order valence-electron chi connectivity index (χ1n) is 19.3. The van der Waals surface area contributed by atoms with Crippen molar-refractivity contribution in [2.75, 3.05) is 0 Å². The van der Waals surface area contributed by atoms with E-state index in [0.29, 0.717) is 5.95 Å². The molecule has 6 heteroatoms. The number of halogens is 1. The molecule has 12 rings (SSSR count). The zero-order valence-electron chi connectivity index (χ0n) is 31.0. The van der Waals surface area contributed by atoms with Crippen molar-refractivity contribution >= 4 is 75.1 Å². The lowest BCUT2D eigenvalue weighted by atomic mass is 10.0. The van der Waals surface area contributed by atoms with Crippen LogP contribution in [0.15, 0.2) is 188 Å². The molecule has 0 atom stereocenters. The molecule has 0 saturated heterocycles. The maximum absolute atomic E-state index is 14.5. The zero-order valence-corrected chi connectivity index (χ0v) is 31.8. The van der Waals surface area contributed by atoms with Crippen LogP contribution in [-0.2, 0) is 0 Å². The minimum Gasteiger partial charge on any atom is -0.309 e. The molecule has 0 fully saturated rings. The van der Waals surface area contributed by atoms with Gasteiger partial charge in [0.2, 0.25) is 5.95 Å². The Morgan fingerprint density at radius 3 is 1.55 bits per heavy atom. The van der Waals surface area contributed by atoms with E-state index in [9.17, 15) is 4.39 Å². The monoisotopic (exact) mass is 762 g/mol. The molecule has 4 aromatic heterocycles. The fourth-order valence-electron chi connectivity index (χ4n) is 8.72. The van der Waals surface area contributed by atoms with E-state index in [2.05, 4.69) is 161 Å². The molecule has 58 heavy (non-hydrogen) atoms. The second kappa shape index (κ2) is 12.8. The lowest BCUT2D eigenvalue weighted by Crippen LogP contribution is -2.04. The summed E-state index contributed by atoms with van der Waals surface area (Å²) in [5.41, 5.74) is 11.4. The van der Waals surface area contributed by atoms with Gasteiger partial charge in [0.15, 0.2) is 0 Å². The van der Waals surface area contributed by atoms with Crippen LogP contribution < -0.4 is 0 Å². The fraction of sp³-hybridized carbons (Fsp3) is 0. The van der Waals surface area contributed by atoms with Crippen LogP contribution in [0.1, 0.15) is 0 Å². The van der Waals surface area contributed by atoms with Crippen molar-refractivity contribution in [1.29, 1.82) is 0 Å². The highest BCUT2D eigenvalue weighted by Crippen LogP contribution is 2.40. The molecule has 0 aliphatic carbocycles. The van der Waals surface area contributed by atoms with Crippen LogP contribution >= 0.6 is 11.3 Å². The molecule has 0 spiro atoms. The van der Waals surface area contributed by atoms with Gasteiger partial charge in [0.1, 0.15) is 5.82 Å². The Labute approximate surface area is 336 Å². The lowest BCUT2D eigenvalue weighted by molar-refractivity contribution is 0.630. The summed E-state index contributed by atoms with van der Waals surface area (Å²) < 4.78 is 21.2. The van der Waals surface area contributed by atoms with Gasteiger partial charge in [-0.3, -0.25) is 4.57 Å². The number of aromatic nitrogens is 4. The van der Waals surface area contributed by atoms with Crippen LogP contribution in [0.5, 0.6) is 0 Å². The third kappa shape index (κ3) is 5.12. The summed E-state index contributed by atoms with van der Waals surface area (Å²) in [6.07, 6.45) is 0. The first-order valence-corrected chi connectivity index (χ1v) is 20.2. The Kier molecular flexibility index (Phi) is 7.25. The number of rotatable bonds is 5. The number of fused-ring (bicyclic) bond motifs is 9. The van der Waals surface area contributed by atoms with Gasteiger partial charge in [-0.25, -0.2) is 14.4 Å². The molecule has 12 aromatic rings. The maximum atomic E-state index is 14.5. The maximum Gasteiger partial charge on any atom is 0.235 e. The van der Waals surface area contributed by atoms with Crippen molar-refractivity contribution in [1.82, 2.24) is 19.1 Å². The quantitative estimate of drug-likeness (QED) is 0.175. The molecule has 0 bridgehead atoms. The smallest absolute Gasteiger partial charge is 0.235 e. The highest BCUT2D eigenvalue weighted by molar-refractivity contribution is 7.25. The summed E-state index contributed by atoms with van der Waals surface area (Å²) in [4.78, 5) is 10.6. The minimum atomic E-state index is -0.237. The zero-order chi connectivity index (χ0) is 38.3. The van der Waals surface area contributed by atoms with Gasteiger partial charge >= 0.3 is 0 Å². The van der Waals surface area contributed by atoms with Crippen molar-refractivity contribution in [2.24, 2.45) is 0 Å². The van der Waals surface area contributed by atoms with Crippen LogP contribution in [-0.4, -0.2) is 19.1 Å². The lowest BCUT2D eigenvalue weighted by Gasteiger charge is -2.12. The molecule has 0 amide bonds. The Morgan fingerprint density at radius 2 is 0.862 bits per heavy atom. The van der Waals surface area contributed by atoms with Gasteiger partial charge in [-0.05, 0) is 96.1 Å². The second-order valence-electron chi connectivity index (χ2n) is 14.8. The molecule has 272 valence electrons. The Hall–Kier alpha value is -7.41. The SMILES string of the molecule is Fc1ccc2sc3ccc(-c4cc(-c5ccccc5)nc(-n5c6ccccc6c6cc(-c7ccc8c(c7)c7ccccc7n8-c7ccccc7)ccc65)n4)cc3c2c1. The van der Waals surface area contributed by atoms with Crippen LogP contribution in [0.4, 0.5) is 4.39 Å². The first-order chi connectivity index (χ1) is 28.6. The molecule has 0 saturated carbocycles. The molecule has 4 heterocycles. The number of benzene rings is 8. The Morgan fingerprint density at radius 1 is 0.362 bits per heavy atom. The summed E-state index contributed by atoms with van der Waals surface area (Å²) in [5, 5.41) is 6.64. The standard InChI is InChI=1S/C52H31FN4S/c53-36-22-26-51-43(30-36)42-29-35(21-25-50(42)58-51)45-31-44(32-11-3-1-4-12-32)54-52(55-45)57-47-18-10-8-16-39(47)41-28-34(20-24-49(41)57)33-19-23-48-40(27-33)38-15-7-9-17-46(38)56(48)37-13-5-2-6-14-37/h1-31H. The van der Waals surface area contributed by atoms with Gasteiger partial charge in [0, 0.05) is 58.5 Å². The van der Waals surface area contributed by atoms with E-state index in [1.165, 1.54) is 27.9 Å². The number of hydrogen-bond acceptors (Lipinski definition) is 3. The highest BCUT2D eigenvalue weighted by atomic mass is 32.1. The number of para-hydroxylation sites is 3. The van der Waals surface area contributed by atoms with Crippen LogP contribution in [0.3, 0.4) is 0 Å². The summed E-state index contributed by atoms with van der Waals surface area (Å²) in [7, 11) is 0. The van der Waals surface area contributed by atoms with E-state index in [4.69, 9.17) is 9.97 Å². The van der Waals surface area contributed by atoms with Crippen molar-refractivity contribution in [3.63, 3.8) is 0 Å². The second-order valence-corrected chi connectivity index (χ2v) is 15.8. The van der Waals surface area contributed by atoms with Gasteiger partial charge < -0.3 is 4.57 Å². The van der Waals surface area contributed by atoms with Crippen LogP contribution in [0, 0.1) is 5.82 Å². The van der Waals surface area contributed by atoms with E-state index in [1.807, 2.05) is 24.3 Å². The fourth-order valence-corrected chi connectivity index (χ4v) is 9.79. The average molecular weight is 763 g/mol. The van der Waals surface area contributed by atoms with Crippen LogP contribution in [0.2, 0.25) is 0 Å². The van der Waals surface area contributed by atoms with E-state index >= 15 is 0 Å². The van der Waals surface area contributed by atoms with E-state index in [0.717, 1.165) is 81.3 Å². The van der Waals surface area contributed by atoms with E-state index in [1.54, 1.807) is 17.4 Å². The number of hydrogen-bond donors (Lipinski definition) is 0. The first kappa shape index (κ1) is 32.8. The van der Waals surface area contributed by atoms with Gasteiger partial charge in [0.25, 0.3) is 0 Å². The largest absolute Gasteiger partial charge is 0.309 e. The molecule has 0 aliphatic heterocycles. The van der Waals surface area contributed by atoms with Gasteiger partial charge in [0.05, 0.1) is 33.5 Å². The predicted octanol–water partition coefficient (Wildman–Crippen LogP) is 14.2. The van der Waals surface area contributed by atoms with Crippen molar-refractivity contribution < 1.29 is 4.39 Å². The number of nitrogens with zero attached hydrogens (tertiary/aromatic N) is 4. The van der Waals surface area contributed by atoms with Crippen molar-refractivity contribution in [3.05, 3.63) is 194 Å². The minimum absolute atomic E-state index is 0.237. The van der Waals surface area contributed by atoms with E-state index in [-0.39, 0.29) is 5.82 Å². The van der Waals surface area contributed by atoms with Gasteiger partial charge in [-0.1, -0.05) is 103 Å². The molecule has 0 radical (unpaired) electrons. The van der Waals surface area contributed by atoms with Crippen molar-refractivity contribution in [3.8, 4) is 45.3 Å². The summed E-state index contributed by atoms with van der Waals surface area (Å²) >= 11 is 1.67. The average Bonchev–Trinajstić information content (AvgIpc) is 3.93. The molecular formula is C52H31FN4S. The summed E-state index contributed by atoms with van der Waals surface area (Å²) in [6.45, 7) is 0. The number of thiophene rings is 1. The molecular weight excluding hydrogens is 732 g/mol. The molecule has 8 aromatic carbocycles. The summed E-state index contributed by atoms with van der Waals surface area (Å²) in [6, 6.07) is 65.0. The third-order valence-corrected chi connectivity index (χ3v) is 12.6. The van der Waals surface area contributed by atoms with Crippen molar-refractivity contribution in [2.45, 2.75) is 0 Å². The third-order valence-electron chi connectivity index (χ3n) is 11.4. The summed E-state index contributed by atoms with van der Waals surface area (Å²) in [5.74, 6) is 0.353. The molecule has 0 unspecified atom stereocenters. The Balaban J connectivity index is 1.05. The molecule has 4 nitrogen and oxygen atoms in total.